The molecule has 3 aromatic rings. The maximum Gasteiger partial charge on any atom is 0.295 e. The van der Waals surface area contributed by atoms with Crippen LogP contribution in [-0.2, 0) is 16.1 Å². The van der Waals surface area contributed by atoms with Crippen molar-refractivity contribution in [1.82, 2.24) is 9.88 Å². The Morgan fingerprint density at radius 2 is 1.68 bits per heavy atom. The molecule has 6 nitrogen and oxygen atoms in total. The summed E-state index contributed by atoms with van der Waals surface area (Å²) in [4.78, 5) is 31.5. The van der Waals surface area contributed by atoms with Gasteiger partial charge in [0, 0.05) is 29.0 Å². The summed E-state index contributed by atoms with van der Waals surface area (Å²) in [5, 5.41) is 11.1. The number of benzene rings is 2. The molecule has 1 aliphatic rings. The number of aromatic nitrogens is 1. The van der Waals surface area contributed by atoms with E-state index in [-0.39, 0.29) is 17.9 Å². The second-order valence-electron chi connectivity index (χ2n) is 7.06. The van der Waals surface area contributed by atoms with E-state index in [1.807, 2.05) is 24.3 Å². The molecule has 156 valence electrons. The van der Waals surface area contributed by atoms with E-state index in [4.69, 9.17) is 4.74 Å². The molecule has 1 N–H and O–H groups in total. The van der Waals surface area contributed by atoms with Crippen molar-refractivity contribution in [1.29, 1.82) is 0 Å². The fourth-order valence-electron chi connectivity index (χ4n) is 3.62. The highest BCUT2D eigenvalue weighted by Gasteiger charge is 2.46. The second kappa shape index (κ2) is 8.73. The van der Waals surface area contributed by atoms with Crippen LogP contribution in [0, 0.1) is 0 Å². The Hall–Kier alpha value is -3.45. The van der Waals surface area contributed by atoms with Crippen molar-refractivity contribution in [3.05, 3.63) is 99.8 Å². The summed E-state index contributed by atoms with van der Waals surface area (Å²) in [6, 6.07) is 16.9. The number of rotatable bonds is 5. The first-order chi connectivity index (χ1) is 15.0. The number of aliphatic hydroxyl groups excluding tert-OH is 1. The molecule has 0 aliphatic carbocycles. The van der Waals surface area contributed by atoms with Gasteiger partial charge in [0.05, 0.1) is 18.7 Å². The standard InChI is InChI=1S/C24H19BrN2O4/c1-31-19-8-4-17(5-9-19)22(28)20-21(16-2-6-18(25)7-3-16)27(24(30)23(20)29)14-15-10-12-26-13-11-15/h2-13,21,28H,14H2,1H3/t21-/m0/s1. The number of carbonyl (C=O) groups excluding carboxylic acids is 2. The van der Waals surface area contributed by atoms with Gasteiger partial charge in [0.2, 0.25) is 0 Å². The molecule has 0 saturated carbocycles. The number of hydrogen-bond donors (Lipinski definition) is 1. The van der Waals surface area contributed by atoms with Gasteiger partial charge in [0.15, 0.2) is 0 Å². The summed E-state index contributed by atoms with van der Waals surface area (Å²) in [5.41, 5.74) is 2.06. The van der Waals surface area contributed by atoms with Crippen molar-refractivity contribution in [2.24, 2.45) is 0 Å². The number of carbonyl (C=O) groups is 2. The number of halogens is 1. The maximum atomic E-state index is 13.0. The van der Waals surface area contributed by atoms with Gasteiger partial charge < -0.3 is 14.7 Å². The minimum Gasteiger partial charge on any atom is -0.507 e. The fraction of sp³-hybridized carbons (Fsp3) is 0.125. The molecule has 1 amide bonds. The largest absolute Gasteiger partial charge is 0.507 e. The number of Topliss-reactive ketones (excluding diaryl/α,β-unsaturated/α-hetero) is 1. The number of methoxy groups -OCH3 is 1. The molecule has 2 heterocycles. The molecular formula is C24H19BrN2O4. The smallest absolute Gasteiger partial charge is 0.295 e. The van der Waals surface area contributed by atoms with Gasteiger partial charge >= 0.3 is 0 Å². The minimum atomic E-state index is -0.719. The Morgan fingerprint density at radius 1 is 1.03 bits per heavy atom. The molecular weight excluding hydrogens is 460 g/mol. The maximum absolute atomic E-state index is 13.0. The van der Waals surface area contributed by atoms with E-state index >= 15 is 0 Å². The van der Waals surface area contributed by atoms with Crippen LogP contribution in [0.3, 0.4) is 0 Å². The van der Waals surface area contributed by atoms with Crippen LogP contribution < -0.4 is 4.74 Å². The van der Waals surface area contributed by atoms with Gasteiger partial charge in [-0.3, -0.25) is 14.6 Å². The number of ketones is 1. The first-order valence-electron chi connectivity index (χ1n) is 9.57. The van der Waals surface area contributed by atoms with Crippen molar-refractivity contribution in [3.8, 4) is 5.75 Å². The Labute approximate surface area is 187 Å². The minimum absolute atomic E-state index is 0.0616. The highest BCUT2D eigenvalue weighted by Crippen LogP contribution is 2.40. The molecule has 0 bridgehead atoms. The van der Waals surface area contributed by atoms with E-state index in [2.05, 4.69) is 20.9 Å². The molecule has 0 spiro atoms. The van der Waals surface area contributed by atoms with Gasteiger partial charge in [-0.1, -0.05) is 28.1 Å². The number of likely N-dealkylation sites (tertiary alicyclic amines) is 1. The Kier molecular flexibility index (Phi) is 5.86. The molecule has 1 aliphatic heterocycles. The first-order valence-corrected chi connectivity index (χ1v) is 10.4. The fourth-order valence-corrected chi connectivity index (χ4v) is 3.89. The lowest BCUT2D eigenvalue weighted by molar-refractivity contribution is -0.140. The molecule has 0 radical (unpaired) electrons. The second-order valence-corrected chi connectivity index (χ2v) is 7.98. The predicted octanol–water partition coefficient (Wildman–Crippen LogP) is 4.47. The van der Waals surface area contributed by atoms with Crippen LogP contribution in [0.2, 0.25) is 0 Å². The number of hydrogen-bond acceptors (Lipinski definition) is 5. The average Bonchev–Trinajstić information content (AvgIpc) is 3.05. The first kappa shape index (κ1) is 20.8. The summed E-state index contributed by atoms with van der Waals surface area (Å²) < 4.78 is 6.03. The van der Waals surface area contributed by atoms with Crippen LogP contribution in [0.15, 0.2) is 83.1 Å². The normalized spacial score (nSPS) is 17.7. The van der Waals surface area contributed by atoms with E-state index in [0.29, 0.717) is 11.3 Å². The number of nitrogens with zero attached hydrogens (tertiary/aromatic N) is 2. The zero-order valence-electron chi connectivity index (χ0n) is 16.7. The van der Waals surface area contributed by atoms with Gasteiger partial charge in [0.25, 0.3) is 11.7 Å². The Morgan fingerprint density at radius 3 is 2.29 bits per heavy atom. The van der Waals surface area contributed by atoms with E-state index in [1.54, 1.807) is 55.9 Å². The monoisotopic (exact) mass is 478 g/mol. The zero-order valence-corrected chi connectivity index (χ0v) is 18.2. The van der Waals surface area contributed by atoms with Crippen molar-refractivity contribution in [2.75, 3.05) is 7.11 Å². The van der Waals surface area contributed by atoms with Crippen LogP contribution in [0.4, 0.5) is 0 Å². The lowest BCUT2D eigenvalue weighted by Crippen LogP contribution is -2.29. The van der Waals surface area contributed by atoms with Gasteiger partial charge in [0.1, 0.15) is 11.5 Å². The SMILES string of the molecule is COc1ccc(C(O)=C2C(=O)C(=O)N(Cc3ccncc3)[C@H]2c2ccc(Br)cc2)cc1. The van der Waals surface area contributed by atoms with Gasteiger partial charge in [-0.15, -0.1) is 0 Å². The number of amides is 1. The molecule has 1 aromatic heterocycles. The third kappa shape index (κ3) is 4.09. The molecule has 7 heteroatoms. The van der Waals surface area contributed by atoms with Crippen LogP contribution in [0.5, 0.6) is 5.75 Å². The van der Waals surface area contributed by atoms with E-state index in [1.165, 1.54) is 4.90 Å². The lowest BCUT2D eigenvalue weighted by atomic mass is 9.95. The topological polar surface area (TPSA) is 79.7 Å². The highest BCUT2D eigenvalue weighted by atomic mass is 79.9. The molecule has 2 aromatic carbocycles. The molecule has 1 atom stereocenters. The van der Waals surface area contributed by atoms with Crippen molar-refractivity contribution >= 4 is 33.4 Å². The van der Waals surface area contributed by atoms with Gasteiger partial charge in [-0.2, -0.15) is 0 Å². The summed E-state index contributed by atoms with van der Waals surface area (Å²) >= 11 is 3.41. The quantitative estimate of drug-likeness (QED) is 0.332. The van der Waals surface area contributed by atoms with E-state index in [0.717, 1.165) is 15.6 Å². The highest BCUT2D eigenvalue weighted by molar-refractivity contribution is 9.10. The molecule has 31 heavy (non-hydrogen) atoms. The molecule has 1 fully saturated rings. The summed E-state index contributed by atoms with van der Waals surface area (Å²) in [5.74, 6) is -0.958. The molecule has 0 unspecified atom stereocenters. The summed E-state index contributed by atoms with van der Waals surface area (Å²) in [6.45, 7) is 0.215. The summed E-state index contributed by atoms with van der Waals surface area (Å²) in [7, 11) is 1.55. The van der Waals surface area contributed by atoms with Crippen LogP contribution in [0.25, 0.3) is 5.76 Å². The van der Waals surface area contributed by atoms with Crippen LogP contribution in [-0.4, -0.2) is 33.8 Å². The van der Waals surface area contributed by atoms with E-state index in [9.17, 15) is 14.7 Å². The van der Waals surface area contributed by atoms with Gasteiger partial charge in [-0.05, 0) is 59.7 Å². The Balaban J connectivity index is 1.84. The van der Waals surface area contributed by atoms with E-state index < -0.39 is 17.7 Å². The van der Waals surface area contributed by atoms with Gasteiger partial charge in [-0.25, -0.2) is 0 Å². The van der Waals surface area contributed by atoms with Crippen molar-refractivity contribution < 1.29 is 19.4 Å². The summed E-state index contributed by atoms with van der Waals surface area (Å²) in [6.07, 6.45) is 3.27. The number of aliphatic hydroxyl groups is 1. The number of ether oxygens (including phenoxy) is 1. The lowest BCUT2D eigenvalue weighted by Gasteiger charge is -2.25. The predicted molar refractivity (Wildman–Crippen MR) is 119 cm³/mol. The molecule has 4 rings (SSSR count). The zero-order chi connectivity index (χ0) is 22.0. The van der Waals surface area contributed by atoms with Crippen LogP contribution >= 0.6 is 15.9 Å². The van der Waals surface area contributed by atoms with Crippen molar-refractivity contribution in [3.63, 3.8) is 0 Å². The van der Waals surface area contributed by atoms with Crippen LogP contribution in [0.1, 0.15) is 22.7 Å². The average molecular weight is 479 g/mol. The number of pyridine rings is 1. The molecule has 1 saturated heterocycles. The Bertz CT molecular complexity index is 1140. The van der Waals surface area contributed by atoms with Crippen molar-refractivity contribution in [2.45, 2.75) is 12.6 Å². The third-order valence-corrected chi connectivity index (χ3v) is 5.72. The third-order valence-electron chi connectivity index (χ3n) is 5.19.